The van der Waals surface area contributed by atoms with Crippen molar-refractivity contribution in [1.29, 1.82) is 0 Å². The third kappa shape index (κ3) is 4.34. The third-order valence-electron chi connectivity index (χ3n) is 3.58. The van der Waals surface area contributed by atoms with Crippen LogP contribution in [0.3, 0.4) is 0 Å². The second kappa shape index (κ2) is 7.09. The normalized spacial score (nSPS) is 12.0. The number of nitrogens with zero attached hydrogens (tertiary/aromatic N) is 2. The molecule has 2 rings (SSSR count). The van der Waals surface area contributed by atoms with Gasteiger partial charge in [0.15, 0.2) is 0 Å². The number of hydrogen-bond acceptors (Lipinski definition) is 6. The maximum Gasteiger partial charge on any atom is 0.348 e. The van der Waals surface area contributed by atoms with Crippen molar-refractivity contribution in [3.63, 3.8) is 0 Å². The van der Waals surface area contributed by atoms with Crippen molar-refractivity contribution < 1.29 is 24.5 Å². The Morgan fingerprint density at radius 1 is 1.00 bits per heavy atom. The molecule has 26 heavy (non-hydrogen) atoms. The van der Waals surface area contributed by atoms with Gasteiger partial charge in [-0.05, 0) is 31.9 Å². The zero-order valence-electron chi connectivity index (χ0n) is 14.8. The van der Waals surface area contributed by atoms with E-state index in [2.05, 4.69) is 9.97 Å². The average Bonchev–Trinajstić information content (AvgIpc) is 2.54. The van der Waals surface area contributed by atoms with Crippen LogP contribution in [-0.2, 0) is 20.7 Å². The number of nitrogens with two attached hydrogens (primary N) is 1. The minimum Gasteiger partial charge on any atom is -0.479 e. The molecule has 0 aliphatic carbocycles. The molecule has 0 aliphatic rings. The van der Waals surface area contributed by atoms with Crippen molar-refractivity contribution in [1.82, 2.24) is 9.97 Å². The number of aliphatic carboxylic acids is 2. The predicted molar refractivity (Wildman–Crippen MR) is 94.4 cm³/mol. The maximum atomic E-state index is 11.7. The van der Waals surface area contributed by atoms with Crippen molar-refractivity contribution in [3.8, 4) is 11.1 Å². The Balaban J connectivity index is 2.32. The summed E-state index contributed by atoms with van der Waals surface area (Å²) in [5, 5.41) is 19.1. The SMILES string of the molecule is CC(C)(C)OC(Cc1ccc(-c2cnc(N)nc2)cc1)(C(=O)O)C(=O)O. The van der Waals surface area contributed by atoms with Crippen LogP contribution < -0.4 is 5.73 Å². The first kappa shape index (κ1) is 19.3. The van der Waals surface area contributed by atoms with Gasteiger partial charge in [-0.15, -0.1) is 0 Å². The summed E-state index contributed by atoms with van der Waals surface area (Å²) in [6, 6.07) is 6.77. The second-order valence-corrected chi connectivity index (χ2v) is 6.86. The van der Waals surface area contributed by atoms with E-state index in [1.807, 2.05) is 0 Å². The lowest BCUT2D eigenvalue weighted by atomic mass is 9.92. The molecule has 0 amide bonds. The minimum absolute atomic E-state index is 0.164. The Morgan fingerprint density at radius 3 is 1.92 bits per heavy atom. The van der Waals surface area contributed by atoms with Gasteiger partial charge in [0.05, 0.1) is 5.60 Å². The highest BCUT2D eigenvalue weighted by Gasteiger charge is 2.50. The molecule has 0 saturated heterocycles. The fourth-order valence-electron chi connectivity index (χ4n) is 2.48. The van der Waals surface area contributed by atoms with Gasteiger partial charge in [0, 0.05) is 24.4 Å². The van der Waals surface area contributed by atoms with Crippen molar-refractivity contribution in [3.05, 3.63) is 42.2 Å². The van der Waals surface area contributed by atoms with Gasteiger partial charge in [-0.25, -0.2) is 19.6 Å². The largest absolute Gasteiger partial charge is 0.479 e. The standard InChI is InChI=1S/C18H21N3O5/c1-17(2,3)26-18(14(22)23,15(24)25)8-11-4-6-12(7-5-11)13-9-20-16(19)21-10-13/h4-7,9-10H,8H2,1-3H3,(H,22,23)(H,24,25)(H2,19,20,21). The maximum absolute atomic E-state index is 11.7. The van der Waals surface area contributed by atoms with Crippen LogP contribution in [0.1, 0.15) is 26.3 Å². The number of carbonyl (C=O) groups is 2. The lowest BCUT2D eigenvalue weighted by Crippen LogP contribution is -2.54. The van der Waals surface area contributed by atoms with Crippen LogP contribution in [0.2, 0.25) is 0 Å². The monoisotopic (exact) mass is 359 g/mol. The van der Waals surface area contributed by atoms with Gasteiger partial charge in [-0.2, -0.15) is 0 Å². The number of hydrogen-bond donors (Lipinski definition) is 3. The topological polar surface area (TPSA) is 136 Å². The first-order chi connectivity index (χ1) is 12.0. The Hall–Kier alpha value is -3.00. The smallest absolute Gasteiger partial charge is 0.348 e. The van der Waals surface area contributed by atoms with Crippen molar-refractivity contribution >= 4 is 17.9 Å². The van der Waals surface area contributed by atoms with E-state index >= 15 is 0 Å². The molecule has 0 fully saturated rings. The number of carboxylic acid groups (broad SMARTS) is 2. The molecule has 2 aromatic rings. The fourth-order valence-corrected chi connectivity index (χ4v) is 2.48. The van der Waals surface area contributed by atoms with E-state index in [0.717, 1.165) is 11.1 Å². The van der Waals surface area contributed by atoms with E-state index in [4.69, 9.17) is 10.5 Å². The van der Waals surface area contributed by atoms with E-state index in [1.165, 1.54) is 0 Å². The zero-order valence-corrected chi connectivity index (χ0v) is 14.8. The molecule has 0 spiro atoms. The van der Waals surface area contributed by atoms with Gasteiger partial charge < -0.3 is 20.7 Å². The van der Waals surface area contributed by atoms with E-state index in [-0.39, 0.29) is 12.4 Å². The van der Waals surface area contributed by atoms with Crippen molar-refractivity contribution in [2.75, 3.05) is 5.73 Å². The molecule has 1 aromatic heterocycles. The van der Waals surface area contributed by atoms with Crippen LogP contribution in [0.5, 0.6) is 0 Å². The van der Waals surface area contributed by atoms with Gasteiger partial charge in [0.2, 0.25) is 5.95 Å². The molecule has 0 atom stereocenters. The molecule has 0 saturated carbocycles. The molecule has 138 valence electrons. The van der Waals surface area contributed by atoms with Gasteiger partial charge in [-0.1, -0.05) is 24.3 Å². The number of rotatable bonds is 6. The van der Waals surface area contributed by atoms with Crippen LogP contribution in [0.15, 0.2) is 36.7 Å². The quantitative estimate of drug-likeness (QED) is 0.666. The zero-order chi connectivity index (χ0) is 19.5. The number of anilines is 1. The lowest BCUT2D eigenvalue weighted by Gasteiger charge is -2.33. The van der Waals surface area contributed by atoms with Gasteiger partial charge in [0.25, 0.3) is 5.60 Å². The molecule has 0 aliphatic heterocycles. The van der Waals surface area contributed by atoms with Crippen LogP contribution in [0, 0.1) is 0 Å². The predicted octanol–water partition coefficient (Wildman–Crippen LogP) is 1.99. The molecule has 4 N–H and O–H groups in total. The third-order valence-corrected chi connectivity index (χ3v) is 3.58. The second-order valence-electron chi connectivity index (χ2n) is 6.86. The Morgan fingerprint density at radius 2 is 1.50 bits per heavy atom. The Bertz CT molecular complexity index is 781. The molecule has 0 unspecified atom stereocenters. The summed E-state index contributed by atoms with van der Waals surface area (Å²) in [6.45, 7) is 4.83. The summed E-state index contributed by atoms with van der Waals surface area (Å²) in [5.41, 5.74) is 4.18. The summed E-state index contributed by atoms with van der Waals surface area (Å²) in [6.07, 6.45) is 2.82. The van der Waals surface area contributed by atoms with Gasteiger partial charge >= 0.3 is 11.9 Å². The highest BCUT2D eigenvalue weighted by atomic mass is 16.6. The fraction of sp³-hybridized carbons (Fsp3) is 0.333. The lowest BCUT2D eigenvalue weighted by molar-refractivity contribution is -0.199. The average molecular weight is 359 g/mol. The summed E-state index contributed by atoms with van der Waals surface area (Å²) >= 11 is 0. The number of carboxylic acids is 2. The molecule has 8 heteroatoms. The molecule has 0 bridgehead atoms. The minimum atomic E-state index is -2.37. The van der Waals surface area contributed by atoms with E-state index in [9.17, 15) is 19.8 Å². The molecule has 1 heterocycles. The molecule has 8 nitrogen and oxygen atoms in total. The molecule has 1 aromatic carbocycles. The molecule has 0 radical (unpaired) electrons. The Kier molecular flexibility index (Phi) is 5.27. The van der Waals surface area contributed by atoms with Crippen LogP contribution in [0.25, 0.3) is 11.1 Å². The number of ether oxygens (including phenoxy) is 1. The first-order valence-electron chi connectivity index (χ1n) is 7.87. The summed E-state index contributed by atoms with van der Waals surface area (Å²) in [5.74, 6) is -2.93. The first-order valence-corrected chi connectivity index (χ1v) is 7.87. The van der Waals surface area contributed by atoms with E-state index in [1.54, 1.807) is 57.4 Å². The highest BCUT2D eigenvalue weighted by Crippen LogP contribution is 2.27. The summed E-state index contributed by atoms with van der Waals surface area (Å²) < 4.78 is 5.45. The number of benzene rings is 1. The van der Waals surface area contributed by atoms with E-state index < -0.39 is 23.1 Å². The summed E-state index contributed by atoms with van der Waals surface area (Å²) in [4.78, 5) is 31.3. The van der Waals surface area contributed by atoms with Crippen LogP contribution >= 0.6 is 0 Å². The van der Waals surface area contributed by atoms with E-state index in [0.29, 0.717) is 5.56 Å². The van der Waals surface area contributed by atoms with Gasteiger partial charge in [-0.3, -0.25) is 0 Å². The van der Waals surface area contributed by atoms with Crippen LogP contribution in [-0.4, -0.2) is 43.3 Å². The highest BCUT2D eigenvalue weighted by molar-refractivity contribution is 6.02. The number of aromatic nitrogens is 2. The van der Waals surface area contributed by atoms with Gasteiger partial charge in [0.1, 0.15) is 0 Å². The van der Waals surface area contributed by atoms with Crippen molar-refractivity contribution in [2.24, 2.45) is 0 Å². The van der Waals surface area contributed by atoms with Crippen LogP contribution in [0.4, 0.5) is 5.95 Å². The summed E-state index contributed by atoms with van der Waals surface area (Å²) in [7, 11) is 0. The number of nitrogen functional groups attached to an aromatic ring is 1. The molecular weight excluding hydrogens is 338 g/mol. The Labute approximate surface area is 150 Å². The molecular formula is C18H21N3O5. The van der Waals surface area contributed by atoms with Crippen molar-refractivity contribution in [2.45, 2.75) is 38.4 Å².